The highest BCUT2D eigenvalue weighted by Gasteiger charge is 2.21. The molecule has 0 aromatic heterocycles. The molecule has 7 heteroatoms. The zero-order valence-electron chi connectivity index (χ0n) is 17.5. The molecule has 0 unspecified atom stereocenters. The Labute approximate surface area is 180 Å². The molecular weight excluding hydrogens is 401 g/mol. The predicted molar refractivity (Wildman–Crippen MR) is 118 cm³/mol. The van der Waals surface area contributed by atoms with Crippen molar-refractivity contribution in [1.29, 1.82) is 5.26 Å². The number of carbonyl (C=O) groups excluding carboxylic acids is 1. The number of ether oxygens (including phenoxy) is 1. The number of hydrogen-bond donors (Lipinski definition) is 0. The fraction of sp³-hybridized carbons (Fsp3) is 0.348. The molecule has 0 saturated heterocycles. The average molecular weight is 426 g/mol. The summed E-state index contributed by atoms with van der Waals surface area (Å²) in [6, 6.07) is 12.4. The number of benzene rings is 2. The first kappa shape index (κ1) is 21.8. The monoisotopic (exact) mass is 425 g/mol. The van der Waals surface area contributed by atoms with Gasteiger partial charge in [0.05, 0.1) is 17.1 Å². The summed E-state index contributed by atoms with van der Waals surface area (Å²) < 4.78 is 18.9. The quantitative estimate of drug-likeness (QED) is 0.620. The van der Waals surface area contributed by atoms with Gasteiger partial charge in [-0.3, -0.25) is 9.80 Å². The second-order valence-corrected chi connectivity index (χ2v) is 9.02. The van der Waals surface area contributed by atoms with Crippen LogP contribution in [0.5, 0.6) is 0 Å². The van der Waals surface area contributed by atoms with E-state index in [0.717, 1.165) is 21.7 Å². The van der Waals surface area contributed by atoms with Gasteiger partial charge in [-0.2, -0.15) is 10.4 Å². The SMILES string of the molecule is Cc1cc(CCC(=O)OC(C)(C)C)ccc1C1=NN(c2ccc(F)c(C#N)c2)CS1. The molecule has 1 aliphatic heterocycles. The molecule has 2 aromatic rings. The topological polar surface area (TPSA) is 65.7 Å². The lowest BCUT2D eigenvalue weighted by molar-refractivity contribution is -0.154. The van der Waals surface area contributed by atoms with Gasteiger partial charge in [-0.05, 0) is 63.4 Å². The molecule has 156 valence electrons. The van der Waals surface area contributed by atoms with E-state index in [1.165, 1.54) is 12.1 Å². The molecule has 30 heavy (non-hydrogen) atoms. The first-order valence-corrected chi connectivity index (χ1v) is 10.6. The zero-order valence-corrected chi connectivity index (χ0v) is 18.3. The Hall–Kier alpha value is -2.85. The van der Waals surface area contributed by atoms with E-state index in [1.807, 2.05) is 45.9 Å². The number of nitriles is 1. The summed E-state index contributed by atoms with van der Waals surface area (Å²) in [4.78, 5) is 11.9. The molecule has 0 spiro atoms. The van der Waals surface area contributed by atoms with Crippen molar-refractivity contribution in [3.63, 3.8) is 0 Å². The second-order valence-electron chi connectivity index (χ2n) is 8.09. The molecule has 0 atom stereocenters. The molecule has 0 amide bonds. The van der Waals surface area contributed by atoms with Gasteiger partial charge in [-0.15, -0.1) is 0 Å². The summed E-state index contributed by atoms with van der Waals surface area (Å²) in [5, 5.41) is 16.3. The van der Waals surface area contributed by atoms with Crippen LogP contribution < -0.4 is 5.01 Å². The fourth-order valence-corrected chi connectivity index (χ4v) is 4.07. The summed E-state index contributed by atoms with van der Waals surface area (Å²) in [5.41, 5.74) is 3.38. The number of hydrazone groups is 1. The highest BCUT2D eigenvalue weighted by atomic mass is 32.2. The van der Waals surface area contributed by atoms with E-state index in [9.17, 15) is 9.18 Å². The Morgan fingerprint density at radius 1 is 1.30 bits per heavy atom. The highest BCUT2D eigenvalue weighted by Crippen LogP contribution is 2.30. The van der Waals surface area contributed by atoms with Crippen molar-refractivity contribution in [2.75, 3.05) is 10.9 Å². The number of thioether (sulfide) groups is 1. The van der Waals surface area contributed by atoms with Crippen LogP contribution in [0.15, 0.2) is 41.5 Å². The van der Waals surface area contributed by atoms with Gasteiger partial charge < -0.3 is 4.74 Å². The predicted octanol–water partition coefficient (Wildman–Crippen LogP) is 5.15. The summed E-state index contributed by atoms with van der Waals surface area (Å²) >= 11 is 1.59. The van der Waals surface area contributed by atoms with Crippen LogP contribution in [0.4, 0.5) is 10.1 Å². The van der Waals surface area contributed by atoms with Gasteiger partial charge in [-0.1, -0.05) is 30.0 Å². The number of carbonyl (C=O) groups is 1. The van der Waals surface area contributed by atoms with Crippen molar-refractivity contribution in [2.24, 2.45) is 5.10 Å². The van der Waals surface area contributed by atoms with Crippen molar-refractivity contribution < 1.29 is 13.9 Å². The third-order valence-corrected chi connectivity index (χ3v) is 5.41. The average Bonchev–Trinajstić information content (AvgIpc) is 3.15. The number of nitrogens with zero attached hydrogens (tertiary/aromatic N) is 3. The molecule has 0 saturated carbocycles. The summed E-state index contributed by atoms with van der Waals surface area (Å²) in [6.07, 6.45) is 0.958. The molecule has 1 heterocycles. The minimum absolute atomic E-state index is 0.00618. The normalized spacial score (nSPS) is 13.7. The number of anilines is 1. The van der Waals surface area contributed by atoms with Crippen LogP contribution in [0.2, 0.25) is 0 Å². The highest BCUT2D eigenvalue weighted by molar-refractivity contribution is 8.14. The van der Waals surface area contributed by atoms with Gasteiger partial charge in [0, 0.05) is 12.0 Å². The van der Waals surface area contributed by atoms with Crippen molar-refractivity contribution >= 4 is 28.5 Å². The fourth-order valence-electron chi connectivity index (χ4n) is 3.07. The number of hydrogen-bond acceptors (Lipinski definition) is 6. The largest absolute Gasteiger partial charge is 0.460 e. The second kappa shape index (κ2) is 8.88. The van der Waals surface area contributed by atoms with Crippen LogP contribution in [0.1, 0.15) is 49.4 Å². The molecule has 1 aliphatic rings. The maximum absolute atomic E-state index is 13.6. The third kappa shape index (κ3) is 5.39. The van der Waals surface area contributed by atoms with Gasteiger partial charge in [0.1, 0.15) is 22.5 Å². The Kier molecular flexibility index (Phi) is 6.47. The molecule has 5 nitrogen and oxygen atoms in total. The Morgan fingerprint density at radius 2 is 2.07 bits per heavy atom. The van der Waals surface area contributed by atoms with Crippen molar-refractivity contribution in [1.82, 2.24) is 0 Å². The van der Waals surface area contributed by atoms with E-state index in [4.69, 9.17) is 10.00 Å². The zero-order chi connectivity index (χ0) is 21.9. The van der Waals surface area contributed by atoms with E-state index in [2.05, 4.69) is 11.2 Å². The lowest BCUT2D eigenvalue weighted by Gasteiger charge is -2.19. The smallest absolute Gasteiger partial charge is 0.306 e. The van der Waals surface area contributed by atoms with Gasteiger partial charge in [-0.25, -0.2) is 4.39 Å². The molecule has 3 rings (SSSR count). The number of aryl methyl sites for hydroxylation is 2. The molecule has 0 fully saturated rings. The number of rotatable bonds is 5. The van der Waals surface area contributed by atoms with Crippen LogP contribution in [0.3, 0.4) is 0 Å². The van der Waals surface area contributed by atoms with Crippen LogP contribution in [0.25, 0.3) is 0 Å². The molecule has 0 N–H and O–H groups in total. The van der Waals surface area contributed by atoms with Gasteiger partial charge in [0.25, 0.3) is 0 Å². The van der Waals surface area contributed by atoms with E-state index >= 15 is 0 Å². The van der Waals surface area contributed by atoms with Gasteiger partial charge in [0.15, 0.2) is 0 Å². The summed E-state index contributed by atoms with van der Waals surface area (Å²) in [7, 11) is 0. The van der Waals surface area contributed by atoms with Gasteiger partial charge >= 0.3 is 5.97 Å². The maximum Gasteiger partial charge on any atom is 0.306 e. The van der Waals surface area contributed by atoms with E-state index < -0.39 is 11.4 Å². The summed E-state index contributed by atoms with van der Waals surface area (Å²) in [6.45, 7) is 7.60. The first-order chi connectivity index (χ1) is 14.2. The maximum atomic E-state index is 13.6. The van der Waals surface area contributed by atoms with Crippen LogP contribution in [0, 0.1) is 24.1 Å². The lowest BCUT2D eigenvalue weighted by atomic mass is 10.0. The van der Waals surface area contributed by atoms with E-state index in [0.29, 0.717) is 24.4 Å². The van der Waals surface area contributed by atoms with Crippen LogP contribution in [-0.2, 0) is 16.0 Å². The molecule has 0 bridgehead atoms. The molecule has 0 aliphatic carbocycles. The lowest BCUT2D eigenvalue weighted by Crippen LogP contribution is -2.24. The van der Waals surface area contributed by atoms with Crippen molar-refractivity contribution in [2.45, 2.75) is 46.1 Å². The number of esters is 1. The van der Waals surface area contributed by atoms with Gasteiger partial charge in [0.2, 0.25) is 0 Å². The standard InChI is InChI=1S/C23H24FN3O2S/c1-15-11-16(6-10-21(28)29-23(2,3)4)5-8-19(15)22-26-27(14-30-22)18-7-9-20(24)17(12-18)13-25/h5,7-9,11-12H,6,10,14H2,1-4H3. The number of halogens is 1. The van der Waals surface area contributed by atoms with E-state index in [-0.39, 0.29) is 11.5 Å². The van der Waals surface area contributed by atoms with Crippen LogP contribution in [-0.4, -0.2) is 22.5 Å². The minimum Gasteiger partial charge on any atom is -0.460 e. The van der Waals surface area contributed by atoms with Crippen molar-refractivity contribution in [3.05, 3.63) is 64.5 Å². The van der Waals surface area contributed by atoms with E-state index in [1.54, 1.807) is 22.8 Å². The molecule has 2 aromatic carbocycles. The summed E-state index contributed by atoms with van der Waals surface area (Å²) in [5.74, 6) is -0.146. The molecular formula is C23H24FN3O2S. The minimum atomic E-state index is -0.532. The first-order valence-electron chi connectivity index (χ1n) is 9.66. The van der Waals surface area contributed by atoms with Crippen LogP contribution >= 0.6 is 11.8 Å². The Morgan fingerprint density at radius 3 is 2.73 bits per heavy atom. The third-order valence-electron chi connectivity index (χ3n) is 4.46. The Balaban J connectivity index is 1.70. The van der Waals surface area contributed by atoms with Crippen molar-refractivity contribution in [3.8, 4) is 6.07 Å². The Bertz CT molecular complexity index is 1040. The molecule has 0 radical (unpaired) electrons.